The molecule has 0 aliphatic carbocycles. The van der Waals surface area contributed by atoms with Crippen LogP contribution >= 0.6 is 0 Å². The van der Waals surface area contributed by atoms with Crippen LogP contribution in [0.25, 0.3) is 0 Å². The van der Waals surface area contributed by atoms with Gasteiger partial charge in [0.25, 0.3) is 0 Å². The third-order valence-corrected chi connectivity index (χ3v) is 1.34. The molecule has 0 saturated heterocycles. The van der Waals surface area contributed by atoms with Gasteiger partial charge in [-0.15, -0.1) is 0 Å². The van der Waals surface area contributed by atoms with Crippen LogP contribution in [0.3, 0.4) is 0 Å². The monoisotopic (exact) mass is 137 g/mol. The number of hydrogen-bond acceptors (Lipinski definition) is 1. The van der Waals surface area contributed by atoms with Gasteiger partial charge in [-0.25, -0.2) is 0 Å². The lowest BCUT2D eigenvalue weighted by Gasteiger charge is -1.88. The van der Waals surface area contributed by atoms with Crippen molar-refractivity contribution in [3.63, 3.8) is 0 Å². The summed E-state index contributed by atoms with van der Waals surface area (Å²) in [5, 5.41) is 0. The van der Waals surface area contributed by atoms with Crippen molar-refractivity contribution in [1.82, 2.24) is 0 Å². The molecule has 0 radical (unpaired) electrons. The summed E-state index contributed by atoms with van der Waals surface area (Å²) in [5.74, 6) is 0. The molecule has 0 N–H and O–H groups in total. The molecular formula is C9H15N. The smallest absolute Gasteiger partial charge is 0.0330 e. The maximum Gasteiger partial charge on any atom is 0.0330 e. The highest BCUT2D eigenvalue weighted by Gasteiger charge is 1.79. The molecule has 0 aromatic heterocycles. The van der Waals surface area contributed by atoms with Crippen LogP contribution in [0.2, 0.25) is 0 Å². The van der Waals surface area contributed by atoms with E-state index in [1.807, 2.05) is 46.1 Å². The second-order valence-electron chi connectivity index (χ2n) is 2.22. The number of aliphatic imine (C=N–C) groups is 1. The minimum Gasteiger partial charge on any atom is -0.262 e. The molecule has 1 heteroatoms. The minimum atomic E-state index is 1.06. The van der Waals surface area contributed by atoms with Crippen LogP contribution in [0.4, 0.5) is 0 Å². The van der Waals surface area contributed by atoms with Gasteiger partial charge in [-0.05, 0) is 33.3 Å². The fourth-order valence-corrected chi connectivity index (χ4v) is 0.353. The first-order chi connectivity index (χ1) is 4.70. The van der Waals surface area contributed by atoms with Crippen molar-refractivity contribution >= 4 is 6.21 Å². The van der Waals surface area contributed by atoms with Gasteiger partial charge >= 0.3 is 0 Å². The standard InChI is InChI=1S/C9H15N/c1-5-8(3)7-10-9(4)6-2/h5-7H,1-4H3/b8-5-,9-6-,10-7-. The molecule has 0 amide bonds. The lowest BCUT2D eigenvalue weighted by molar-refractivity contribution is 1.29. The SMILES string of the molecule is C\C=C(C)/C=N\C(C)=C/C. The Morgan fingerprint density at radius 2 is 1.70 bits per heavy atom. The third-order valence-electron chi connectivity index (χ3n) is 1.34. The second kappa shape index (κ2) is 4.98. The third kappa shape index (κ3) is 4.07. The first kappa shape index (κ1) is 9.15. The van der Waals surface area contributed by atoms with Crippen LogP contribution in [0.5, 0.6) is 0 Å². The summed E-state index contributed by atoms with van der Waals surface area (Å²) < 4.78 is 0. The van der Waals surface area contributed by atoms with Crippen molar-refractivity contribution in [2.75, 3.05) is 0 Å². The van der Waals surface area contributed by atoms with Crippen LogP contribution in [0.1, 0.15) is 27.7 Å². The van der Waals surface area contributed by atoms with Crippen molar-refractivity contribution < 1.29 is 0 Å². The van der Waals surface area contributed by atoms with E-state index in [0.29, 0.717) is 0 Å². The highest BCUT2D eigenvalue weighted by molar-refractivity contribution is 5.78. The Morgan fingerprint density at radius 1 is 1.10 bits per heavy atom. The van der Waals surface area contributed by atoms with E-state index in [2.05, 4.69) is 4.99 Å². The molecule has 0 atom stereocenters. The Bertz CT molecular complexity index is 153. The van der Waals surface area contributed by atoms with Crippen LogP contribution in [0.15, 0.2) is 28.4 Å². The zero-order chi connectivity index (χ0) is 7.98. The number of hydrogen-bond donors (Lipinski definition) is 0. The molecule has 0 rings (SSSR count). The molecule has 0 bridgehead atoms. The molecular weight excluding hydrogens is 122 g/mol. The average molecular weight is 137 g/mol. The molecule has 56 valence electrons. The largest absolute Gasteiger partial charge is 0.262 e. The molecule has 0 aliphatic rings. The Kier molecular flexibility index (Phi) is 4.55. The quantitative estimate of drug-likeness (QED) is 0.519. The van der Waals surface area contributed by atoms with Gasteiger partial charge in [0.1, 0.15) is 0 Å². The average Bonchev–Trinajstić information content (AvgIpc) is 1.99. The molecule has 0 unspecified atom stereocenters. The Morgan fingerprint density at radius 3 is 2.10 bits per heavy atom. The van der Waals surface area contributed by atoms with Gasteiger partial charge in [0.05, 0.1) is 0 Å². The molecule has 0 fully saturated rings. The number of nitrogens with zero attached hydrogens (tertiary/aromatic N) is 1. The molecule has 0 saturated carbocycles. The summed E-state index contributed by atoms with van der Waals surface area (Å²) in [7, 11) is 0. The van der Waals surface area contributed by atoms with Gasteiger partial charge < -0.3 is 0 Å². The van der Waals surface area contributed by atoms with Crippen molar-refractivity contribution in [2.24, 2.45) is 4.99 Å². The lowest BCUT2D eigenvalue weighted by atomic mass is 10.3. The van der Waals surface area contributed by atoms with Crippen molar-refractivity contribution in [3.8, 4) is 0 Å². The maximum absolute atomic E-state index is 4.18. The highest BCUT2D eigenvalue weighted by Crippen LogP contribution is 1.94. The zero-order valence-corrected chi connectivity index (χ0v) is 7.18. The lowest BCUT2D eigenvalue weighted by Crippen LogP contribution is -1.76. The summed E-state index contributed by atoms with van der Waals surface area (Å²) in [4.78, 5) is 4.18. The number of allylic oxidation sites excluding steroid dienone is 4. The van der Waals surface area contributed by atoms with Crippen molar-refractivity contribution in [3.05, 3.63) is 23.4 Å². The van der Waals surface area contributed by atoms with E-state index < -0.39 is 0 Å². The van der Waals surface area contributed by atoms with Gasteiger partial charge in [-0.2, -0.15) is 0 Å². The topological polar surface area (TPSA) is 12.4 Å². The zero-order valence-electron chi connectivity index (χ0n) is 7.18. The Hall–Kier alpha value is -0.850. The van der Waals surface area contributed by atoms with Gasteiger partial charge in [-0.1, -0.05) is 12.2 Å². The van der Waals surface area contributed by atoms with E-state index in [4.69, 9.17) is 0 Å². The molecule has 0 aromatic carbocycles. The van der Waals surface area contributed by atoms with Crippen molar-refractivity contribution in [1.29, 1.82) is 0 Å². The van der Waals surface area contributed by atoms with Crippen LogP contribution < -0.4 is 0 Å². The summed E-state index contributed by atoms with van der Waals surface area (Å²) in [6.07, 6.45) is 5.89. The van der Waals surface area contributed by atoms with Crippen LogP contribution in [-0.2, 0) is 0 Å². The van der Waals surface area contributed by atoms with E-state index in [9.17, 15) is 0 Å². The van der Waals surface area contributed by atoms with Gasteiger partial charge in [0.2, 0.25) is 0 Å². The van der Waals surface area contributed by atoms with Crippen LogP contribution in [0, 0.1) is 0 Å². The molecule has 0 aromatic rings. The predicted octanol–water partition coefficient (Wildman–Crippen LogP) is 2.95. The fraction of sp³-hybridized carbons (Fsp3) is 0.444. The Balaban J connectivity index is 4.01. The summed E-state index contributed by atoms with van der Waals surface area (Å²) in [5.41, 5.74) is 2.25. The Labute approximate surface area is 63.2 Å². The normalized spacial score (nSPS) is 14.8. The van der Waals surface area contributed by atoms with Gasteiger partial charge in [0, 0.05) is 11.9 Å². The highest BCUT2D eigenvalue weighted by atomic mass is 14.7. The van der Waals surface area contributed by atoms with Gasteiger partial charge in [0.15, 0.2) is 0 Å². The summed E-state index contributed by atoms with van der Waals surface area (Å²) >= 11 is 0. The fourth-order valence-electron chi connectivity index (χ4n) is 0.353. The first-order valence-electron chi connectivity index (χ1n) is 3.50. The van der Waals surface area contributed by atoms with Gasteiger partial charge in [-0.3, -0.25) is 4.99 Å². The predicted molar refractivity (Wildman–Crippen MR) is 47.4 cm³/mol. The molecule has 0 heterocycles. The van der Waals surface area contributed by atoms with E-state index in [-0.39, 0.29) is 0 Å². The molecule has 10 heavy (non-hydrogen) atoms. The van der Waals surface area contributed by atoms with E-state index in [1.54, 1.807) is 0 Å². The summed E-state index contributed by atoms with van der Waals surface area (Å²) in [6.45, 7) is 8.01. The molecule has 1 nitrogen and oxygen atoms in total. The van der Waals surface area contributed by atoms with Crippen molar-refractivity contribution in [2.45, 2.75) is 27.7 Å². The molecule has 0 spiro atoms. The van der Waals surface area contributed by atoms with Crippen LogP contribution in [-0.4, -0.2) is 6.21 Å². The van der Waals surface area contributed by atoms with E-state index in [0.717, 1.165) is 5.70 Å². The molecule has 0 aliphatic heterocycles. The minimum absolute atomic E-state index is 1.06. The first-order valence-corrected chi connectivity index (χ1v) is 3.50. The second-order valence-corrected chi connectivity index (χ2v) is 2.22. The van der Waals surface area contributed by atoms with E-state index in [1.165, 1.54) is 5.57 Å². The van der Waals surface area contributed by atoms with E-state index >= 15 is 0 Å². The number of rotatable bonds is 2. The maximum atomic E-state index is 4.18. The summed E-state index contributed by atoms with van der Waals surface area (Å²) in [6, 6.07) is 0.